The molecule has 2 aromatic carbocycles. The topological polar surface area (TPSA) is 62.1 Å². The fourth-order valence-electron chi connectivity index (χ4n) is 3.36. The molecular weight excluding hydrogens is 368 g/mol. The first-order valence-corrected chi connectivity index (χ1v) is 10.2. The lowest BCUT2D eigenvalue weighted by molar-refractivity contribution is 0.102. The average molecular weight is 388 g/mol. The molecular formula is C23H20N2O2S. The number of fused-ring (bicyclic) bond motifs is 1. The van der Waals surface area contributed by atoms with Crippen LogP contribution in [0.2, 0.25) is 0 Å². The highest BCUT2D eigenvalue weighted by atomic mass is 32.1. The molecule has 1 heterocycles. The second-order valence-electron chi connectivity index (χ2n) is 6.92. The molecule has 1 aliphatic carbocycles. The van der Waals surface area contributed by atoms with Crippen molar-refractivity contribution in [2.45, 2.75) is 32.6 Å². The summed E-state index contributed by atoms with van der Waals surface area (Å²) in [4.78, 5) is 13.9. The summed E-state index contributed by atoms with van der Waals surface area (Å²) in [5, 5.41) is 13.1. The number of carbonyl (C=O) groups excluding carboxylic acids is 1. The quantitative estimate of drug-likeness (QED) is 0.610. The Morgan fingerprint density at radius 1 is 1.04 bits per heavy atom. The molecule has 1 N–H and O–H groups in total. The molecule has 5 heteroatoms. The summed E-state index contributed by atoms with van der Waals surface area (Å²) in [6.07, 6.45) is 4.17. The van der Waals surface area contributed by atoms with Crippen LogP contribution in [-0.4, -0.2) is 5.91 Å². The number of hydrogen-bond donors (Lipinski definition) is 1. The number of rotatable bonds is 4. The van der Waals surface area contributed by atoms with Gasteiger partial charge in [0.1, 0.15) is 22.6 Å². The first-order chi connectivity index (χ1) is 13.6. The number of aryl methyl sites for hydroxylation is 2. The number of nitriles is 1. The van der Waals surface area contributed by atoms with Crippen molar-refractivity contribution < 1.29 is 9.53 Å². The van der Waals surface area contributed by atoms with Gasteiger partial charge < -0.3 is 10.1 Å². The Morgan fingerprint density at radius 3 is 2.36 bits per heavy atom. The van der Waals surface area contributed by atoms with Gasteiger partial charge in [-0.2, -0.15) is 5.26 Å². The number of anilines is 1. The fourth-order valence-corrected chi connectivity index (χ4v) is 4.60. The lowest BCUT2D eigenvalue weighted by atomic mass is 9.96. The van der Waals surface area contributed by atoms with Crippen molar-refractivity contribution in [2.24, 2.45) is 0 Å². The molecule has 0 bridgehead atoms. The summed E-state index contributed by atoms with van der Waals surface area (Å²) in [5.41, 5.74) is 3.46. The Bertz CT molecular complexity index is 1040. The van der Waals surface area contributed by atoms with Gasteiger partial charge in [0.25, 0.3) is 5.91 Å². The number of nitrogens with zero attached hydrogens (tertiary/aromatic N) is 1. The zero-order valence-corrected chi connectivity index (χ0v) is 16.4. The van der Waals surface area contributed by atoms with E-state index in [0.29, 0.717) is 21.9 Å². The first-order valence-electron chi connectivity index (χ1n) is 9.34. The fraction of sp³-hybridized carbons (Fsp3) is 0.217. The Kier molecular flexibility index (Phi) is 5.14. The van der Waals surface area contributed by atoms with Crippen LogP contribution in [0.25, 0.3) is 0 Å². The molecule has 1 aromatic heterocycles. The number of carbonyl (C=O) groups is 1. The minimum absolute atomic E-state index is 0.211. The highest BCUT2D eigenvalue weighted by Gasteiger charge is 2.22. The molecule has 28 heavy (non-hydrogen) atoms. The van der Waals surface area contributed by atoms with Gasteiger partial charge in [-0.15, -0.1) is 11.3 Å². The lowest BCUT2D eigenvalue weighted by Crippen LogP contribution is -2.11. The highest BCUT2D eigenvalue weighted by molar-refractivity contribution is 7.16. The number of ether oxygens (including phenoxy) is 1. The standard InChI is InChI=1S/C23H20N2O2S/c1-15-6-10-17(11-7-15)27-18-12-8-16(9-13-18)22(26)25-23-20(14-24)19-4-2-3-5-21(19)28-23/h6-13H,2-5H2,1H3,(H,25,26). The monoisotopic (exact) mass is 388 g/mol. The van der Waals surface area contributed by atoms with Crippen molar-refractivity contribution in [1.82, 2.24) is 0 Å². The molecule has 1 amide bonds. The van der Waals surface area contributed by atoms with Crippen LogP contribution in [0.1, 0.15) is 44.8 Å². The minimum Gasteiger partial charge on any atom is -0.457 e. The van der Waals surface area contributed by atoms with Gasteiger partial charge in [0, 0.05) is 10.4 Å². The molecule has 4 rings (SSSR count). The van der Waals surface area contributed by atoms with Crippen LogP contribution in [-0.2, 0) is 12.8 Å². The van der Waals surface area contributed by atoms with E-state index in [1.54, 1.807) is 24.3 Å². The minimum atomic E-state index is -0.211. The van der Waals surface area contributed by atoms with Gasteiger partial charge >= 0.3 is 0 Å². The predicted octanol–water partition coefficient (Wildman–Crippen LogP) is 5.85. The highest BCUT2D eigenvalue weighted by Crippen LogP contribution is 2.37. The van der Waals surface area contributed by atoms with Crippen LogP contribution < -0.4 is 10.1 Å². The third-order valence-corrected chi connectivity index (χ3v) is 6.09. The normalized spacial score (nSPS) is 12.7. The number of thiophene rings is 1. The van der Waals surface area contributed by atoms with Crippen molar-refractivity contribution in [2.75, 3.05) is 5.32 Å². The number of hydrogen-bond acceptors (Lipinski definition) is 4. The zero-order valence-electron chi connectivity index (χ0n) is 15.6. The first kappa shape index (κ1) is 18.3. The Hall–Kier alpha value is -3.10. The summed E-state index contributed by atoms with van der Waals surface area (Å²) in [6.45, 7) is 2.03. The SMILES string of the molecule is Cc1ccc(Oc2ccc(C(=O)Nc3sc4c(c3C#N)CCCC4)cc2)cc1. The summed E-state index contributed by atoms with van der Waals surface area (Å²) in [7, 11) is 0. The molecule has 0 unspecified atom stereocenters. The van der Waals surface area contributed by atoms with Crippen LogP contribution >= 0.6 is 11.3 Å². The van der Waals surface area contributed by atoms with Gasteiger partial charge in [0.05, 0.1) is 5.56 Å². The summed E-state index contributed by atoms with van der Waals surface area (Å²) in [6, 6.07) is 17.1. The van der Waals surface area contributed by atoms with Crippen LogP contribution in [0, 0.1) is 18.3 Å². The third kappa shape index (κ3) is 3.78. The molecule has 0 spiro atoms. The van der Waals surface area contributed by atoms with Crippen molar-refractivity contribution in [3.05, 3.63) is 75.7 Å². The molecule has 4 nitrogen and oxygen atoms in total. The second-order valence-corrected chi connectivity index (χ2v) is 8.03. The maximum absolute atomic E-state index is 12.6. The van der Waals surface area contributed by atoms with Crippen LogP contribution in [0.3, 0.4) is 0 Å². The van der Waals surface area contributed by atoms with E-state index in [-0.39, 0.29) is 5.91 Å². The van der Waals surface area contributed by atoms with Gasteiger partial charge in [-0.25, -0.2) is 0 Å². The molecule has 0 fully saturated rings. The summed E-state index contributed by atoms with van der Waals surface area (Å²) < 4.78 is 5.81. The Balaban J connectivity index is 1.48. The molecule has 0 atom stereocenters. The number of nitrogens with one attached hydrogen (secondary N) is 1. The van der Waals surface area contributed by atoms with E-state index in [1.807, 2.05) is 31.2 Å². The maximum atomic E-state index is 12.6. The van der Waals surface area contributed by atoms with Gasteiger partial charge in [0.2, 0.25) is 0 Å². The van der Waals surface area contributed by atoms with E-state index in [4.69, 9.17) is 4.74 Å². The molecule has 0 radical (unpaired) electrons. The van der Waals surface area contributed by atoms with Crippen molar-refractivity contribution in [3.8, 4) is 17.6 Å². The van der Waals surface area contributed by atoms with Gasteiger partial charge in [-0.05, 0) is 74.6 Å². The van der Waals surface area contributed by atoms with Gasteiger partial charge in [-0.3, -0.25) is 4.79 Å². The lowest BCUT2D eigenvalue weighted by Gasteiger charge is -2.09. The molecule has 1 aliphatic rings. The largest absolute Gasteiger partial charge is 0.457 e. The van der Waals surface area contributed by atoms with Crippen molar-refractivity contribution in [3.63, 3.8) is 0 Å². The van der Waals surface area contributed by atoms with Crippen LogP contribution in [0.5, 0.6) is 11.5 Å². The third-order valence-electron chi connectivity index (χ3n) is 4.88. The molecule has 0 saturated carbocycles. The number of amides is 1. The smallest absolute Gasteiger partial charge is 0.256 e. The predicted molar refractivity (Wildman–Crippen MR) is 111 cm³/mol. The van der Waals surface area contributed by atoms with E-state index in [1.165, 1.54) is 21.8 Å². The summed E-state index contributed by atoms with van der Waals surface area (Å²) in [5.74, 6) is 1.22. The average Bonchev–Trinajstić information content (AvgIpc) is 3.07. The van der Waals surface area contributed by atoms with Crippen molar-refractivity contribution >= 4 is 22.2 Å². The van der Waals surface area contributed by atoms with E-state index in [9.17, 15) is 10.1 Å². The van der Waals surface area contributed by atoms with E-state index in [2.05, 4.69) is 11.4 Å². The molecule has 0 saturated heterocycles. The Morgan fingerprint density at radius 2 is 1.68 bits per heavy atom. The Labute approximate surface area is 168 Å². The van der Waals surface area contributed by atoms with Gasteiger partial charge in [0.15, 0.2) is 0 Å². The van der Waals surface area contributed by atoms with Crippen LogP contribution in [0.15, 0.2) is 48.5 Å². The number of benzene rings is 2. The maximum Gasteiger partial charge on any atom is 0.256 e. The molecule has 3 aromatic rings. The summed E-state index contributed by atoms with van der Waals surface area (Å²) >= 11 is 1.54. The second kappa shape index (κ2) is 7.87. The van der Waals surface area contributed by atoms with Crippen molar-refractivity contribution in [1.29, 1.82) is 5.26 Å². The van der Waals surface area contributed by atoms with Crippen LogP contribution in [0.4, 0.5) is 5.00 Å². The van der Waals surface area contributed by atoms with E-state index >= 15 is 0 Å². The zero-order chi connectivity index (χ0) is 19.5. The molecule has 0 aliphatic heterocycles. The van der Waals surface area contributed by atoms with E-state index < -0.39 is 0 Å². The molecule has 140 valence electrons. The van der Waals surface area contributed by atoms with Gasteiger partial charge in [-0.1, -0.05) is 17.7 Å². The van der Waals surface area contributed by atoms with E-state index in [0.717, 1.165) is 37.0 Å².